The van der Waals surface area contributed by atoms with Crippen molar-refractivity contribution < 1.29 is 0 Å². The fraction of sp³-hybridized carbons (Fsp3) is 0.556. The number of benzene rings is 1. The topological polar surface area (TPSA) is 17.0 Å². The zero-order valence-corrected chi connectivity index (χ0v) is 14.2. The molecule has 1 aromatic heterocycles. The third-order valence-electron chi connectivity index (χ3n) is 5.13. The molecule has 1 N–H and O–H groups in total. The summed E-state index contributed by atoms with van der Waals surface area (Å²) in [7, 11) is 0. The average Bonchev–Trinajstić information content (AvgIpc) is 3.38. The largest absolute Gasteiger partial charge is 0.342 e. The minimum absolute atomic E-state index is 0.801. The van der Waals surface area contributed by atoms with Crippen LogP contribution in [0, 0.1) is 18.8 Å². The maximum absolute atomic E-state index is 3.86. The number of fused-ring (bicyclic) bond motifs is 1. The van der Waals surface area contributed by atoms with Gasteiger partial charge in [0.15, 0.2) is 0 Å². The highest BCUT2D eigenvalue weighted by molar-refractivity contribution is 9.10. The highest BCUT2D eigenvalue weighted by atomic mass is 79.9. The van der Waals surface area contributed by atoms with E-state index in [9.17, 15) is 0 Å². The van der Waals surface area contributed by atoms with Crippen LogP contribution in [0.3, 0.4) is 0 Å². The highest BCUT2D eigenvalue weighted by Gasteiger charge is 2.40. The van der Waals surface area contributed by atoms with Gasteiger partial charge in [0.1, 0.15) is 0 Å². The molecule has 1 heterocycles. The van der Waals surface area contributed by atoms with Crippen LogP contribution in [-0.4, -0.2) is 17.2 Å². The van der Waals surface area contributed by atoms with E-state index in [0.29, 0.717) is 0 Å². The Bertz CT molecular complexity index is 641. The molecule has 3 heteroatoms. The standard InChI is InChI=1S/C18H23BrN2/c1-12-17(19)15-4-2-3-5-16(15)21(12)11-10-20-18(13-6-7-13)14-8-9-14/h2-5,13-14,18,20H,6-11H2,1H3. The molecule has 2 saturated carbocycles. The monoisotopic (exact) mass is 346 g/mol. The molecule has 2 aliphatic rings. The van der Waals surface area contributed by atoms with Crippen LogP contribution in [0.4, 0.5) is 0 Å². The van der Waals surface area contributed by atoms with Crippen molar-refractivity contribution >= 4 is 26.8 Å². The molecule has 0 unspecified atom stereocenters. The smallest absolute Gasteiger partial charge is 0.0494 e. The van der Waals surface area contributed by atoms with E-state index in [1.54, 1.807) is 0 Å². The molecule has 2 aliphatic carbocycles. The summed E-state index contributed by atoms with van der Waals surface area (Å²) < 4.78 is 3.70. The van der Waals surface area contributed by atoms with Gasteiger partial charge in [0.25, 0.3) is 0 Å². The minimum Gasteiger partial charge on any atom is -0.342 e. The molecule has 0 saturated heterocycles. The van der Waals surface area contributed by atoms with Gasteiger partial charge in [-0.2, -0.15) is 0 Å². The van der Waals surface area contributed by atoms with E-state index in [1.165, 1.54) is 46.8 Å². The quantitative estimate of drug-likeness (QED) is 0.815. The maximum atomic E-state index is 3.86. The number of rotatable bonds is 6. The molecule has 2 fully saturated rings. The van der Waals surface area contributed by atoms with Gasteiger partial charge in [-0.1, -0.05) is 18.2 Å². The predicted molar refractivity (Wildman–Crippen MR) is 91.6 cm³/mol. The van der Waals surface area contributed by atoms with E-state index in [1.807, 2.05) is 0 Å². The van der Waals surface area contributed by atoms with Crippen molar-refractivity contribution in [3.05, 3.63) is 34.4 Å². The first kappa shape index (κ1) is 13.8. The number of hydrogen-bond acceptors (Lipinski definition) is 1. The Morgan fingerprint density at radius 3 is 2.52 bits per heavy atom. The lowest BCUT2D eigenvalue weighted by atomic mass is 10.1. The van der Waals surface area contributed by atoms with E-state index in [4.69, 9.17) is 0 Å². The van der Waals surface area contributed by atoms with Gasteiger partial charge in [-0.25, -0.2) is 0 Å². The molecular weight excluding hydrogens is 324 g/mol. The summed E-state index contributed by atoms with van der Waals surface area (Å²) in [6.45, 7) is 4.36. The molecular formula is C18H23BrN2. The van der Waals surface area contributed by atoms with Crippen molar-refractivity contribution in [3.63, 3.8) is 0 Å². The van der Waals surface area contributed by atoms with Crippen LogP contribution in [0.15, 0.2) is 28.7 Å². The summed E-state index contributed by atoms with van der Waals surface area (Å²) in [6.07, 6.45) is 5.80. The Balaban J connectivity index is 1.48. The fourth-order valence-corrected chi connectivity index (χ4v) is 4.20. The molecule has 0 bridgehead atoms. The molecule has 112 valence electrons. The second-order valence-electron chi connectivity index (χ2n) is 6.72. The Morgan fingerprint density at radius 1 is 1.19 bits per heavy atom. The predicted octanol–water partition coefficient (Wildman–Crippen LogP) is 4.49. The van der Waals surface area contributed by atoms with Crippen LogP contribution in [0.5, 0.6) is 0 Å². The van der Waals surface area contributed by atoms with Crippen molar-refractivity contribution in [1.82, 2.24) is 9.88 Å². The number of para-hydroxylation sites is 1. The lowest BCUT2D eigenvalue weighted by molar-refractivity contribution is 0.407. The van der Waals surface area contributed by atoms with Crippen LogP contribution < -0.4 is 5.32 Å². The number of nitrogens with one attached hydrogen (secondary N) is 1. The zero-order valence-electron chi connectivity index (χ0n) is 12.6. The first-order valence-corrected chi connectivity index (χ1v) is 9.01. The van der Waals surface area contributed by atoms with Crippen molar-refractivity contribution in [2.24, 2.45) is 11.8 Å². The third-order valence-corrected chi connectivity index (χ3v) is 6.13. The van der Waals surface area contributed by atoms with Crippen LogP contribution in [-0.2, 0) is 6.54 Å². The zero-order chi connectivity index (χ0) is 14.4. The third kappa shape index (κ3) is 2.66. The van der Waals surface area contributed by atoms with Gasteiger partial charge in [0, 0.05) is 40.2 Å². The molecule has 2 aromatic rings. The minimum atomic E-state index is 0.801. The number of hydrogen-bond donors (Lipinski definition) is 1. The molecule has 2 nitrogen and oxygen atoms in total. The molecule has 4 rings (SSSR count). The Hall–Kier alpha value is -0.800. The van der Waals surface area contributed by atoms with Crippen LogP contribution in [0.2, 0.25) is 0 Å². The molecule has 0 spiro atoms. The normalized spacial score (nSPS) is 18.8. The lowest BCUT2D eigenvalue weighted by Crippen LogP contribution is -2.35. The Kier molecular flexibility index (Phi) is 3.58. The van der Waals surface area contributed by atoms with E-state index >= 15 is 0 Å². The number of halogens is 1. The van der Waals surface area contributed by atoms with Gasteiger partial charge in [0.2, 0.25) is 0 Å². The second-order valence-corrected chi connectivity index (χ2v) is 7.52. The van der Waals surface area contributed by atoms with Gasteiger partial charge in [-0.05, 0) is 66.4 Å². The summed E-state index contributed by atoms with van der Waals surface area (Å²) >= 11 is 3.75. The maximum Gasteiger partial charge on any atom is 0.0494 e. The summed E-state index contributed by atoms with van der Waals surface area (Å²) in [4.78, 5) is 0. The molecule has 21 heavy (non-hydrogen) atoms. The molecule has 0 aliphatic heterocycles. The van der Waals surface area contributed by atoms with Crippen molar-refractivity contribution in [1.29, 1.82) is 0 Å². The molecule has 0 radical (unpaired) electrons. The fourth-order valence-electron chi connectivity index (χ4n) is 3.65. The SMILES string of the molecule is Cc1c(Br)c2ccccc2n1CCNC(C1CC1)C1CC1. The first-order chi connectivity index (χ1) is 10.3. The second kappa shape index (κ2) is 5.44. The van der Waals surface area contributed by atoms with Crippen LogP contribution >= 0.6 is 15.9 Å². The van der Waals surface area contributed by atoms with Crippen molar-refractivity contribution in [2.45, 2.75) is 45.2 Å². The molecule has 0 atom stereocenters. The summed E-state index contributed by atoms with van der Waals surface area (Å²) in [6, 6.07) is 9.48. The van der Waals surface area contributed by atoms with Crippen LogP contribution in [0.1, 0.15) is 31.4 Å². The van der Waals surface area contributed by atoms with Gasteiger partial charge in [-0.3, -0.25) is 0 Å². The van der Waals surface area contributed by atoms with E-state index < -0.39 is 0 Å². The van der Waals surface area contributed by atoms with E-state index in [0.717, 1.165) is 31.0 Å². The van der Waals surface area contributed by atoms with Gasteiger partial charge in [0.05, 0.1) is 0 Å². The highest BCUT2D eigenvalue weighted by Crippen LogP contribution is 2.44. The van der Waals surface area contributed by atoms with E-state index in [-0.39, 0.29) is 0 Å². The van der Waals surface area contributed by atoms with Gasteiger partial charge in [-0.15, -0.1) is 0 Å². The van der Waals surface area contributed by atoms with Crippen molar-refractivity contribution in [3.8, 4) is 0 Å². The number of nitrogens with zero attached hydrogens (tertiary/aromatic N) is 1. The Morgan fingerprint density at radius 2 is 1.86 bits per heavy atom. The summed E-state index contributed by atoms with van der Waals surface area (Å²) in [5.41, 5.74) is 2.69. The van der Waals surface area contributed by atoms with E-state index in [2.05, 4.69) is 57.0 Å². The Labute approximate surface area is 135 Å². The lowest BCUT2D eigenvalue weighted by Gasteiger charge is -2.18. The average molecular weight is 347 g/mol. The molecule has 1 aromatic carbocycles. The first-order valence-electron chi connectivity index (χ1n) is 8.22. The number of aromatic nitrogens is 1. The van der Waals surface area contributed by atoms with Crippen molar-refractivity contribution in [2.75, 3.05) is 6.54 Å². The molecule has 0 amide bonds. The summed E-state index contributed by atoms with van der Waals surface area (Å²) in [5.74, 6) is 1.96. The van der Waals surface area contributed by atoms with Gasteiger partial charge >= 0.3 is 0 Å². The summed E-state index contributed by atoms with van der Waals surface area (Å²) in [5, 5.41) is 5.19. The van der Waals surface area contributed by atoms with Gasteiger partial charge < -0.3 is 9.88 Å². The van der Waals surface area contributed by atoms with Crippen LogP contribution in [0.25, 0.3) is 10.9 Å².